The molecule has 8 nitrogen and oxygen atoms in total. The van der Waals surface area contributed by atoms with Crippen molar-refractivity contribution in [2.24, 2.45) is 0 Å². The van der Waals surface area contributed by atoms with E-state index >= 15 is 0 Å². The molecule has 3 heterocycles. The van der Waals surface area contributed by atoms with Crippen molar-refractivity contribution in [2.45, 2.75) is 13.5 Å². The van der Waals surface area contributed by atoms with Crippen LogP contribution in [0.1, 0.15) is 31.8 Å². The van der Waals surface area contributed by atoms with Crippen molar-refractivity contribution >= 4 is 17.6 Å². The lowest BCUT2D eigenvalue weighted by Crippen LogP contribution is -2.24. The number of nitrogens with zero attached hydrogens (tertiary/aromatic N) is 3. The van der Waals surface area contributed by atoms with Gasteiger partial charge in [-0.15, -0.1) is 0 Å². The van der Waals surface area contributed by atoms with Gasteiger partial charge in [-0.25, -0.2) is 4.98 Å². The Morgan fingerprint density at radius 1 is 0.971 bits per heavy atom. The predicted molar refractivity (Wildman–Crippen MR) is 123 cm³/mol. The third-order valence-corrected chi connectivity index (χ3v) is 4.93. The van der Waals surface area contributed by atoms with Gasteiger partial charge >= 0.3 is 0 Å². The molecule has 10 heteroatoms. The number of halogens is 2. The molecule has 0 saturated heterocycles. The van der Waals surface area contributed by atoms with Crippen LogP contribution in [0, 0.1) is 18.8 Å². The van der Waals surface area contributed by atoms with Gasteiger partial charge in [-0.1, -0.05) is 6.07 Å². The summed E-state index contributed by atoms with van der Waals surface area (Å²) in [6.45, 7) is 1.63. The fraction of sp³-hybridized carbons (Fsp3) is 0.0800. The molecule has 3 aromatic heterocycles. The van der Waals surface area contributed by atoms with Gasteiger partial charge in [0, 0.05) is 42.3 Å². The summed E-state index contributed by atoms with van der Waals surface area (Å²) in [4.78, 5) is 36.1. The number of anilines is 1. The Morgan fingerprint density at radius 3 is 2.51 bits per heavy atom. The number of benzene rings is 1. The molecule has 1 aromatic carbocycles. The number of carbonyl (C=O) groups excluding carboxylic acids is 2. The predicted octanol–water partition coefficient (Wildman–Crippen LogP) is 4.43. The summed E-state index contributed by atoms with van der Waals surface area (Å²) in [6, 6.07) is 13.5. The molecule has 0 radical (unpaired) electrons. The Kier molecular flexibility index (Phi) is 7.01. The Morgan fingerprint density at radius 2 is 1.77 bits per heavy atom. The van der Waals surface area contributed by atoms with Gasteiger partial charge in [-0.05, 0) is 55.0 Å². The molecule has 0 unspecified atom stereocenters. The van der Waals surface area contributed by atoms with Crippen LogP contribution < -0.4 is 15.4 Å². The quantitative estimate of drug-likeness (QED) is 0.383. The van der Waals surface area contributed by atoms with Crippen LogP contribution in [0.2, 0.25) is 0 Å². The first-order valence-electron chi connectivity index (χ1n) is 10.4. The molecule has 0 aliphatic rings. The molecular weight excluding hydrogens is 456 g/mol. The van der Waals surface area contributed by atoms with Crippen LogP contribution in [0.15, 0.2) is 73.2 Å². The number of amides is 2. The van der Waals surface area contributed by atoms with E-state index in [2.05, 4.69) is 25.6 Å². The number of hydrogen-bond acceptors (Lipinski definition) is 6. The molecule has 0 saturated carbocycles. The second-order valence-electron chi connectivity index (χ2n) is 7.41. The smallest absolute Gasteiger partial charge is 0.258 e. The Bertz CT molecular complexity index is 1360. The van der Waals surface area contributed by atoms with Gasteiger partial charge in [0.2, 0.25) is 11.9 Å². The number of rotatable bonds is 7. The zero-order valence-electron chi connectivity index (χ0n) is 18.5. The van der Waals surface area contributed by atoms with Crippen LogP contribution in [-0.4, -0.2) is 26.8 Å². The second kappa shape index (κ2) is 10.5. The molecule has 0 spiro atoms. The van der Waals surface area contributed by atoms with Gasteiger partial charge in [-0.3, -0.25) is 14.6 Å². The molecule has 2 amide bonds. The van der Waals surface area contributed by atoms with Crippen LogP contribution in [0.5, 0.6) is 11.5 Å². The minimum atomic E-state index is -0.964. The first-order valence-corrected chi connectivity index (χ1v) is 10.4. The average Bonchev–Trinajstić information content (AvgIpc) is 2.84. The van der Waals surface area contributed by atoms with Crippen LogP contribution in [0.4, 0.5) is 14.6 Å². The largest absolute Gasteiger partial charge is 0.457 e. The number of pyridine rings is 3. The van der Waals surface area contributed by atoms with E-state index in [-0.39, 0.29) is 23.8 Å². The maximum Gasteiger partial charge on any atom is 0.258 e. The lowest BCUT2D eigenvalue weighted by Gasteiger charge is -2.13. The molecule has 4 rings (SSSR count). The summed E-state index contributed by atoms with van der Waals surface area (Å²) in [5, 5.41) is 5.31. The van der Waals surface area contributed by atoms with E-state index < -0.39 is 17.8 Å². The zero-order valence-corrected chi connectivity index (χ0v) is 18.5. The first-order chi connectivity index (χ1) is 16.9. The lowest BCUT2D eigenvalue weighted by atomic mass is 10.1. The van der Waals surface area contributed by atoms with Gasteiger partial charge in [0.15, 0.2) is 0 Å². The first kappa shape index (κ1) is 23.4. The van der Waals surface area contributed by atoms with E-state index in [1.165, 1.54) is 12.4 Å². The molecule has 0 aliphatic carbocycles. The monoisotopic (exact) mass is 475 g/mol. The molecule has 4 aromatic rings. The lowest BCUT2D eigenvalue weighted by molar-refractivity contribution is 0.0949. The minimum Gasteiger partial charge on any atom is -0.457 e. The van der Waals surface area contributed by atoms with Crippen LogP contribution >= 0.6 is 0 Å². The molecule has 0 fully saturated rings. The van der Waals surface area contributed by atoms with E-state index in [1.54, 1.807) is 55.6 Å². The van der Waals surface area contributed by atoms with Crippen molar-refractivity contribution in [1.29, 1.82) is 0 Å². The van der Waals surface area contributed by atoms with Crippen molar-refractivity contribution < 1.29 is 23.1 Å². The van der Waals surface area contributed by atoms with Gasteiger partial charge < -0.3 is 15.4 Å². The standard InChI is InChI=1S/C25H19F2N5O3/c1-15-19(25(34)30-13-16-10-21(26)31-22(27)11-16)5-2-6-20(15)35-18-7-9-29-23(12-18)32-24(33)17-4-3-8-28-14-17/h2-12,14H,13H2,1H3,(H,30,34)(H,29,32,33). The molecule has 2 N–H and O–H groups in total. The third kappa shape index (κ3) is 5.99. The van der Waals surface area contributed by atoms with Crippen molar-refractivity contribution in [3.63, 3.8) is 0 Å². The minimum absolute atomic E-state index is 0.0793. The van der Waals surface area contributed by atoms with Crippen molar-refractivity contribution in [3.8, 4) is 11.5 Å². The van der Waals surface area contributed by atoms with Gasteiger partial charge in [0.05, 0.1) is 5.56 Å². The molecule has 35 heavy (non-hydrogen) atoms. The van der Waals surface area contributed by atoms with Crippen LogP contribution in [-0.2, 0) is 6.54 Å². The van der Waals surface area contributed by atoms with E-state index in [0.717, 1.165) is 12.1 Å². The van der Waals surface area contributed by atoms with Crippen molar-refractivity contribution in [3.05, 3.63) is 107 Å². The number of carbonyl (C=O) groups is 2. The molecule has 0 bridgehead atoms. The van der Waals surface area contributed by atoms with Gasteiger partial charge in [0.1, 0.15) is 17.3 Å². The van der Waals surface area contributed by atoms with Crippen molar-refractivity contribution in [1.82, 2.24) is 20.3 Å². The highest BCUT2D eigenvalue weighted by Crippen LogP contribution is 2.28. The van der Waals surface area contributed by atoms with Gasteiger partial charge in [-0.2, -0.15) is 13.8 Å². The van der Waals surface area contributed by atoms with E-state index in [9.17, 15) is 18.4 Å². The summed E-state index contributed by atoms with van der Waals surface area (Å²) >= 11 is 0. The van der Waals surface area contributed by atoms with E-state index in [1.807, 2.05) is 0 Å². The SMILES string of the molecule is Cc1c(Oc2ccnc(NC(=O)c3cccnc3)c2)cccc1C(=O)NCc1cc(F)nc(F)c1. The number of nitrogens with one attached hydrogen (secondary N) is 2. The Balaban J connectivity index is 1.45. The summed E-state index contributed by atoms with van der Waals surface area (Å²) in [5.41, 5.74) is 1.50. The maximum absolute atomic E-state index is 13.3. The molecule has 176 valence electrons. The summed E-state index contributed by atoms with van der Waals surface area (Å²) in [5.74, 6) is -1.65. The van der Waals surface area contributed by atoms with E-state index in [0.29, 0.717) is 28.2 Å². The van der Waals surface area contributed by atoms with Crippen LogP contribution in [0.3, 0.4) is 0 Å². The molecular formula is C25H19F2N5O3. The number of hydrogen-bond donors (Lipinski definition) is 2. The Labute approximate surface area is 199 Å². The molecule has 0 atom stereocenters. The zero-order chi connectivity index (χ0) is 24.8. The summed E-state index contributed by atoms with van der Waals surface area (Å²) in [6.07, 6.45) is 4.49. The van der Waals surface area contributed by atoms with E-state index in [4.69, 9.17) is 4.74 Å². The highest BCUT2D eigenvalue weighted by atomic mass is 19.1. The summed E-state index contributed by atoms with van der Waals surface area (Å²) < 4.78 is 32.5. The molecule has 0 aliphatic heterocycles. The number of aromatic nitrogens is 3. The third-order valence-electron chi connectivity index (χ3n) is 4.93. The fourth-order valence-electron chi connectivity index (χ4n) is 3.22. The Hall–Kier alpha value is -4.73. The highest BCUT2D eigenvalue weighted by molar-refractivity contribution is 6.03. The fourth-order valence-corrected chi connectivity index (χ4v) is 3.22. The normalized spacial score (nSPS) is 10.5. The van der Waals surface area contributed by atoms with Crippen molar-refractivity contribution in [2.75, 3.05) is 5.32 Å². The highest BCUT2D eigenvalue weighted by Gasteiger charge is 2.14. The topological polar surface area (TPSA) is 106 Å². The van der Waals surface area contributed by atoms with Gasteiger partial charge in [0.25, 0.3) is 11.8 Å². The maximum atomic E-state index is 13.3. The second-order valence-corrected chi connectivity index (χ2v) is 7.41. The van der Waals surface area contributed by atoms with Crippen LogP contribution in [0.25, 0.3) is 0 Å². The number of ether oxygens (including phenoxy) is 1. The average molecular weight is 475 g/mol. The summed E-state index contributed by atoms with van der Waals surface area (Å²) in [7, 11) is 0.